The molecular weight excluding hydrogens is 286 g/mol. The van der Waals surface area contributed by atoms with Gasteiger partial charge in [-0.3, -0.25) is 14.2 Å². The van der Waals surface area contributed by atoms with Crippen LogP contribution in [0.25, 0.3) is 0 Å². The summed E-state index contributed by atoms with van der Waals surface area (Å²) >= 11 is 0. The first-order valence-electron chi connectivity index (χ1n) is 7.17. The van der Waals surface area contributed by atoms with E-state index in [1.165, 1.54) is 29.9 Å². The second kappa shape index (κ2) is 6.00. The van der Waals surface area contributed by atoms with Crippen molar-refractivity contribution in [1.82, 2.24) is 24.9 Å². The van der Waals surface area contributed by atoms with E-state index in [1.807, 2.05) is 16.9 Å². The minimum Gasteiger partial charge on any atom is -0.478 e. The summed E-state index contributed by atoms with van der Waals surface area (Å²) in [5.74, 6) is -0.648. The molecule has 0 aromatic carbocycles. The molecule has 8 heteroatoms. The number of amides is 1. The number of hydrogen-bond acceptors (Lipinski definition) is 4. The number of carbonyl (C=O) groups is 2. The predicted molar refractivity (Wildman–Crippen MR) is 76.4 cm³/mol. The molecule has 116 valence electrons. The Morgan fingerprint density at radius 3 is 2.86 bits per heavy atom. The van der Waals surface area contributed by atoms with Crippen molar-refractivity contribution in [2.45, 2.75) is 31.8 Å². The maximum atomic E-state index is 11.8. The zero-order valence-electron chi connectivity index (χ0n) is 12.0. The maximum Gasteiger partial charge on any atom is 0.338 e. The lowest BCUT2D eigenvalue weighted by atomic mass is 10.3. The predicted octanol–water partition coefficient (Wildman–Crippen LogP) is 0.472. The van der Waals surface area contributed by atoms with E-state index in [4.69, 9.17) is 5.11 Å². The van der Waals surface area contributed by atoms with Crippen LogP contribution < -0.4 is 5.32 Å². The highest BCUT2D eigenvalue weighted by atomic mass is 16.4. The quantitative estimate of drug-likeness (QED) is 0.774. The molecule has 22 heavy (non-hydrogen) atoms. The molecule has 0 saturated heterocycles. The molecule has 0 unspecified atom stereocenters. The Labute approximate surface area is 126 Å². The van der Waals surface area contributed by atoms with Gasteiger partial charge in [-0.2, -0.15) is 10.2 Å². The first-order valence-corrected chi connectivity index (χ1v) is 7.17. The molecule has 1 aliphatic rings. The van der Waals surface area contributed by atoms with Gasteiger partial charge < -0.3 is 10.4 Å². The molecule has 2 N–H and O–H groups in total. The van der Waals surface area contributed by atoms with Crippen LogP contribution in [-0.4, -0.2) is 43.1 Å². The molecule has 0 aliphatic heterocycles. The van der Waals surface area contributed by atoms with Crippen LogP contribution in [0, 0.1) is 0 Å². The fourth-order valence-corrected chi connectivity index (χ4v) is 2.17. The summed E-state index contributed by atoms with van der Waals surface area (Å²) in [4.78, 5) is 22.5. The average Bonchev–Trinajstić information content (AvgIpc) is 3.03. The third-order valence-corrected chi connectivity index (χ3v) is 3.51. The van der Waals surface area contributed by atoms with Crippen molar-refractivity contribution in [3.63, 3.8) is 0 Å². The smallest absolute Gasteiger partial charge is 0.338 e. The molecule has 1 fully saturated rings. The number of hydrogen-bond donors (Lipinski definition) is 2. The number of carbonyl (C=O) groups excluding carboxylic acids is 1. The SMILES string of the molecule is O=C(Cn1cc(C(=O)O)cn1)NCCn1ccc(C2CC2)n1. The number of rotatable bonds is 7. The van der Waals surface area contributed by atoms with Crippen LogP contribution in [0.1, 0.15) is 34.8 Å². The molecule has 3 rings (SSSR count). The van der Waals surface area contributed by atoms with Crippen molar-refractivity contribution in [3.8, 4) is 0 Å². The number of nitrogens with zero attached hydrogens (tertiary/aromatic N) is 4. The zero-order valence-corrected chi connectivity index (χ0v) is 12.0. The highest BCUT2D eigenvalue weighted by molar-refractivity contribution is 5.87. The molecule has 8 nitrogen and oxygen atoms in total. The number of nitrogens with one attached hydrogen (secondary N) is 1. The summed E-state index contributed by atoms with van der Waals surface area (Å²) in [7, 11) is 0. The van der Waals surface area contributed by atoms with Crippen LogP contribution in [0.15, 0.2) is 24.7 Å². The summed E-state index contributed by atoms with van der Waals surface area (Å²) in [6.45, 7) is 1.08. The van der Waals surface area contributed by atoms with Gasteiger partial charge in [0, 0.05) is 24.9 Å². The van der Waals surface area contributed by atoms with Crippen molar-refractivity contribution in [3.05, 3.63) is 35.9 Å². The minimum absolute atomic E-state index is 0.000286. The Morgan fingerprint density at radius 2 is 2.18 bits per heavy atom. The van der Waals surface area contributed by atoms with Gasteiger partial charge in [-0.15, -0.1) is 0 Å². The van der Waals surface area contributed by atoms with Crippen LogP contribution in [-0.2, 0) is 17.9 Å². The van der Waals surface area contributed by atoms with Gasteiger partial charge in [-0.05, 0) is 18.9 Å². The lowest BCUT2D eigenvalue weighted by Gasteiger charge is -2.05. The molecule has 0 atom stereocenters. The third kappa shape index (κ3) is 3.51. The average molecular weight is 303 g/mol. The Balaban J connectivity index is 1.42. The lowest BCUT2D eigenvalue weighted by Crippen LogP contribution is -2.30. The number of aromatic carboxylic acids is 1. The highest BCUT2D eigenvalue weighted by Crippen LogP contribution is 2.38. The summed E-state index contributed by atoms with van der Waals surface area (Å²) in [6, 6.07) is 2.02. The van der Waals surface area contributed by atoms with E-state index < -0.39 is 5.97 Å². The van der Waals surface area contributed by atoms with Crippen LogP contribution >= 0.6 is 0 Å². The lowest BCUT2D eigenvalue weighted by molar-refractivity contribution is -0.121. The van der Waals surface area contributed by atoms with E-state index in [1.54, 1.807) is 0 Å². The summed E-state index contributed by atoms with van der Waals surface area (Å²) in [5, 5.41) is 19.8. The van der Waals surface area contributed by atoms with Crippen molar-refractivity contribution in [1.29, 1.82) is 0 Å². The fourth-order valence-electron chi connectivity index (χ4n) is 2.17. The van der Waals surface area contributed by atoms with Crippen molar-refractivity contribution >= 4 is 11.9 Å². The van der Waals surface area contributed by atoms with Crippen molar-refractivity contribution in [2.24, 2.45) is 0 Å². The third-order valence-electron chi connectivity index (χ3n) is 3.51. The van der Waals surface area contributed by atoms with Gasteiger partial charge >= 0.3 is 5.97 Å². The second-order valence-corrected chi connectivity index (χ2v) is 5.36. The zero-order chi connectivity index (χ0) is 15.5. The van der Waals surface area contributed by atoms with Gasteiger partial charge in [0.05, 0.1) is 24.0 Å². The summed E-state index contributed by atoms with van der Waals surface area (Å²) in [6.07, 6.45) is 6.91. The minimum atomic E-state index is -1.06. The highest BCUT2D eigenvalue weighted by Gasteiger charge is 2.25. The van der Waals surface area contributed by atoms with E-state index in [9.17, 15) is 9.59 Å². The van der Waals surface area contributed by atoms with Gasteiger partial charge in [0.25, 0.3) is 0 Å². The maximum absolute atomic E-state index is 11.8. The first kappa shape index (κ1) is 14.3. The largest absolute Gasteiger partial charge is 0.478 e. The molecule has 1 saturated carbocycles. The molecule has 0 bridgehead atoms. The van der Waals surface area contributed by atoms with E-state index in [0.29, 0.717) is 19.0 Å². The standard InChI is InChI=1S/C14H17N5O3/c20-13(9-19-8-11(7-16-19)14(21)22)15-4-6-18-5-3-12(17-18)10-1-2-10/h3,5,7-8,10H,1-2,4,6,9H2,(H,15,20)(H,21,22). The first-order chi connectivity index (χ1) is 10.6. The molecule has 2 aromatic rings. The number of carboxylic acid groups (broad SMARTS) is 1. The van der Waals surface area contributed by atoms with Gasteiger partial charge in [-0.1, -0.05) is 0 Å². The summed E-state index contributed by atoms with van der Waals surface area (Å²) in [5.41, 5.74) is 1.20. The normalized spacial score (nSPS) is 14.0. The topological polar surface area (TPSA) is 102 Å². The van der Waals surface area contributed by atoms with E-state index in [0.717, 1.165) is 5.69 Å². The van der Waals surface area contributed by atoms with Gasteiger partial charge in [0.2, 0.25) is 5.91 Å². The molecule has 2 aromatic heterocycles. The number of aromatic nitrogens is 4. The van der Waals surface area contributed by atoms with E-state index in [2.05, 4.69) is 15.5 Å². The van der Waals surface area contributed by atoms with Gasteiger partial charge in [0.1, 0.15) is 6.54 Å². The molecule has 0 spiro atoms. The van der Waals surface area contributed by atoms with Crippen LogP contribution in [0.2, 0.25) is 0 Å². The monoisotopic (exact) mass is 303 g/mol. The second-order valence-electron chi connectivity index (χ2n) is 5.36. The Morgan fingerprint density at radius 1 is 1.36 bits per heavy atom. The molecule has 0 radical (unpaired) electrons. The van der Waals surface area contributed by atoms with E-state index >= 15 is 0 Å². The fraction of sp³-hybridized carbons (Fsp3) is 0.429. The van der Waals surface area contributed by atoms with E-state index in [-0.39, 0.29) is 18.0 Å². The van der Waals surface area contributed by atoms with Crippen molar-refractivity contribution < 1.29 is 14.7 Å². The molecule has 1 aliphatic carbocycles. The Kier molecular flexibility index (Phi) is 3.90. The van der Waals surface area contributed by atoms with Gasteiger partial charge in [-0.25, -0.2) is 4.79 Å². The van der Waals surface area contributed by atoms with Crippen LogP contribution in [0.3, 0.4) is 0 Å². The Bertz CT molecular complexity index is 686. The van der Waals surface area contributed by atoms with Crippen molar-refractivity contribution in [2.75, 3.05) is 6.54 Å². The molecular formula is C14H17N5O3. The van der Waals surface area contributed by atoms with Crippen LogP contribution in [0.4, 0.5) is 0 Å². The van der Waals surface area contributed by atoms with Crippen LogP contribution in [0.5, 0.6) is 0 Å². The molecule has 2 heterocycles. The van der Waals surface area contributed by atoms with Gasteiger partial charge in [0.15, 0.2) is 0 Å². The molecule has 1 amide bonds. The Hall–Kier alpha value is -2.64. The number of carboxylic acids is 1. The summed E-state index contributed by atoms with van der Waals surface area (Å²) < 4.78 is 3.13.